The van der Waals surface area contributed by atoms with E-state index in [2.05, 4.69) is 31.8 Å². The van der Waals surface area contributed by atoms with Crippen LogP contribution in [-0.2, 0) is 9.59 Å². The number of esters is 1. The maximum atomic E-state index is 12.4. The number of carbonyl (C=O) groups is 3. The average Bonchev–Trinajstić information content (AvgIpc) is 2.78. The van der Waals surface area contributed by atoms with Crippen LogP contribution in [0.5, 0.6) is 5.75 Å². The van der Waals surface area contributed by atoms with Crippen molar-refractivity contribution in [1.29, 1.82) is 0 Å². The number of nitrogens with one attached hydrogen (secondary N) is 2. The molecule has 3 aromatic carbocycles. The van der Waals surface area contributed by atoms with E-state index >= 15 is 0 Å². The number of hydrogen-bond acceptors (Lipinski definition) is 5. The predicted octanol–water partition coefficient (Wildman–Crippen LogP) is 5.72. The summed E-state index contributed by atoms with van der Waals surface area (Å²) < 4.78 is 6.10. The van der Waals surface area contributed by atoms with Crippen molar-refractivity contribution in [2.75, 3.05) is 5.32 Å². The van der Waals surface area contributed by atoms with Crippen LogP contribution in [0.3, 0.4) is 0 Å². The second-order valence-electron chi connectivity index (χ2n) is 6.36. The highest BCUT2D eigenvalue weighted by molar-refractivity contribution is 9.10. The van der Waals surface area contributed by atoms with Crippen LogP contribution in [0, 0.1) is 0 Å². The lowest BCUT2D eigenvalue weighted by Gasteiger charge is -2.08. The molecule has 0 aliphatic carbocycles. The summed E-state index contributed by atoms with van der Waals surface area (Å²) in [7, 11) is 0. The van der Waals surface area contributed by atoms with Gasteiger partial charge >= 0.3 is 17.8 Å². The van der Waals surface area contributed by atoms with Gasteiger partial charge in [-0.25, -0.2) is 10.2 Å². The third-order valence-corrected chi connectivity index (χ3v) is 5.49. The highest BCUT2D eigenvalue weighted by Crippen LogP contribution is 2.25. The van der Waals surface area contributed by atoms with Crippen molar-refractivity contribution in [1.82, 2.24) is 5.43 Å². The largest absolute Gasteiger partial charge is 0.422 e. The van der Waals surface area contributed by atoms with Gasteiger partial charge in [-0.2, -0.15) is 5.10 Å². The second-order valence-corrected chi connectivity index (χ2v) is 8.53. The molecule has 3 rings (SSSR count). The summed E-state index contributed by atoms with van der Waals surface area (Å²) in [5.74, 6) is -2.40. The van der Waals surface area contributed by atoms with Gasteiger partial charge in [-0.15, -0.1) is 0 Å². The van der Waals surface area contributed by atoms with Crippen molar-refractivity contribution in [3.8, 4) is 5.75 Å². The average molecular weight is 570 g/mol. The SMILES string of the molecule is O=C(N/N=C/c1cc(Br)ccc1OC(=O)c1ccc(Cl)cc1)C(=O)Nc1ccc(Cl)c(Cl)c1. The molecule has 33 heavy (non-hydrogen) atoms. The van der Waals surface area contributed by atoms with Crippen LogP contribution >= 0.6 is 50.7 Å². The number of carbonyl (C=O) groups excluding carboxylic acids is 3. The topological polar surface area (TPSA) is 96.9 Å². The van der Waals surface area contributed by atoms with Crippen molar-refractivity contribution < 1.29 is 19.1 Å². The molecule has 0 saturated heterocycles. The molecule has 0 radical (unpaired) electrons. The van der Waals surface area contributed by atoms with Gasteiger partial charge in [0.25, 0.3) is 0 Å². The number of anilines is 1. The van der Waals surface area contributed by atoms with Crippen molar-refractivity contribution in [2.45, 2.75) is 0 Å². The lowest BCUT2D eigenvalue weighted by atomic mass is 10.2. The summed E-state index contributed by atoms with van der Waals surface area (Å²) >= 11 is 20.9. The molecule has 0 aliphatic rings. The Balaban J connectivity index is 1.66. The fourth-order valence-electron chi connectivity index (χ4n) is 2.43. The molecular weight excluding hydrogens is 557 g/mol. The zero-order valence-electron chi connectivity index (χ0n) is 16.4. The third-order valence-electron chi connectivity index (χ3n) is 4.01. The first-order valence-electron chi connectivity index (χ1n) is 9.09. The molecule has 11 heteroatoms. The van der Waals surface area contributed by atoms with Crippen molar-refractivity contribution in [3.05, 3.63) is 91.3 Å². The number of halogens is 4. The van der Waals surface area contributed by atoms with E-state index in [1.165, 1.54) is 36.5 Å². The Hall–Kier alpha value is -2.91. The van der Waals surface area contributed by atoms with Crippen LogP contribution in [0.2, 0.25) is 15.1 Å². The maximum Gasteiger partial charge on any atom is 0.343 e. The summed E-state index contributed by atoms with van der Waals surface area (Å²) in [5, 5.41) is 7.16. The van der Waals surface area contributed by atoms with Gasteiger partial charge in [0.15, 0.2) is 0 Å². The first kappa shape index (κ1) is 24.7. The number of rotatable bonds is 5. The Morgan fingerprint density at radius 3 is 2.30 bits per heavy atom. The Morgan fingerprint density at radius 1 is 0.879 bits per heavy atom. The van der Waals surface area contributed by atoms with E-state index in [1.807, 2.05) is 0 Å². The summed E-state index contributed by atoms with van der Waals surface area (Å²) in [6, 6.07) is 15.4. The van der Waals surface area contributed by atoms with Crippen LogP contribution in [0.25, 0.3) is 0 Å². The second kappa shape index (κ2) is 11.3. The standard InChI is InChI=1S/C22H13BrCl3N3O4/c23-14-3-8-19(33-22(32)12-1-4-15(24)5-2-12)13(9-14)11-27-29-21(31)20(30)28-16-6-7-17(25)18(26)10-16/h1-11H,(H,28,30)(H,29,31)/b27-11+. The van der Waals surface area contributed by atoms with Gasteiger partial charge in [0.05, 0.1) is 21.8 Å². The number of ether oxygens (including phenoxy) is 1. The van der Waals surface area contributed by atoms with Gasteiger partial charge in [0.1, 0.15) is 5.75 Å². The number of amides is 2. The quantitative estimate of drug-likeness (QED) is 0.135. The first-order chi connectivity index (χ1) is 15.7. The summed E-state index contributed by atoms with van der Waals surface area (Å²) in [5.41, 5.74) is 3.07. The van der Waals surface area contributed by atoms with E-state index in [-0.39, 0.29) is 16.5 Å². The van der Waals surface area contributed by atoms with Gasteiger partial charge in [-0.3, -0.25) is 9.59 Å². The molecule has 0 spiro atoms. The highest BCUT2D eigenvalue weighted by Gasteiger charge is 2.15. The molecule has 0 bridgehead atoms. The van der Waals surface area contributed by atoms with E-state index in [9.17, 15) is 14.4 Å². The molecular formula is C22H13BrCl3N3O4. The van der Waals surface area contributed by atoms with E-state index in [0.29, 0.717) is 25.6 Å². The molecule has 2 amide bonds. The van der Waals surface area contributed by atoms with E-state index < -0.39 is 17.8 Å². The molecule has 7 nitrogen and oxygen atoms in total. The Kier molecular flexibility index (Phi) is 8.46. The van der Waals surface area contributed by atoms with Gasteiger partial charge < -0.3 is 10.1 Å². The first-order valence-corrected chi connectivity index (χ1v) is 11.0. The number of hydrogen-bond donors (Lipinski definition) is 2. The lowest BCUT2D eigenvalue weighted by molar-refractivity contribution is -0.136. The molecule has 0 aromatic heterocycles. The lowest BCUT2D eigenvalue weighted by Crippen LogP contribution is -2.32. The van der Waals surface area contributed by atoms with Gasteiger partial charge in [-0.05, 0) is 60.7 Å². The normalized spacial score (nSPS) is 10.7. The predicted molar refractivity (Wildman–Crippen MR) is 131 cm³/mol. The van der Waals surface area contributed by atoms with E-state index in [4.69, 9.17) is 39.5 Å². The van der Waals surface area contributed by atoms with E-state index in [1.54, 1.807) is 30.3 Å². The number of benzene rings is 3. The van der Waals surface area contributed by atoms with Crippen LogP contribution < -0.4 is 15.5 Å². The summed E-state index contributed by atoms with van der Waals surface area (Å²) in [6.07, 6.45) is 1.24. The summed E-state index contributed by atoms with van der Waals surface area (Å²) in [4.78, 5) is 36.5. The molecule has 0 atom stereocenters. The maximum absolute atomic E-state index is 12.4. The molecule has 3 aromatic rings. The minimum Gasteiger partial charge on any atom is -0.422 e. The minimum atomic E-state index is -1.02. The highest BCUT2D eigenvalue weighted by atomic mass is 79.9. The van der Waals surface area contributed by atoms with Crippen LogP contribution in [0.1, 0.15) is 15.9 Å². The van der Waals surface area contributed by atoms with E-state index in [0.717, 1.165) is 0 Å². The van der Waals surface area contributed by atoms with Crippen LogP contribution in [0.15, 0.2) is 70.2 Å². The fourth-order valence-corrected chi connectivity index (χ4v) is 3.23. The molecule has 0 aliphatic heterocycles. The zero-order chi connectivity index (χ0) is 24.0. The van der Waals surface area contributed by atoms with Gasteiger partial charge in [0.2, 0.25) is 0 Å². The van der Waals surface area contributed by atoms with Gasteiger partial charge in [-0.1, -0.05) is 50.7 Å². The molecule has 2 N–H and O–H groups in total. The molecule has 168 valence electrons. The Labute approximate surface area is 211 Å². The summed E-state index contributed by atoms with van der Waals surface area (Å²) in [6.45, 7) is 0. The smallest absolute Gasteiger partial charge is 0.343 e. The third kappa shape index (κ3) is 7.03. The minimum absolute atomic E-state index is 0.191. The van der Waals surface area contributed by atoms with Gasteiger partial charge in [0, 0.05) is 20.7 Å². The zero-order valence-corrected chi connectivity index (χ0v) is 20.3. The van der Waals surface area contributed by atoms with Crippen LogP contribution in [0.4, 0.5) is 5.69 Å². The van der Waals surface area contributed by atoms with Crippen LogP contribution in [-0.4, -0.2) is 24.0 Å². The number of hydrazone groups is 1. The fraction of sp³-hybridized carbons (Fsp3) is 0. The molecule has 0 saturated carbocycles. The monoisotopic (exact) mass is 567 g/mol. The van der Waals surface area contributed by atoms with Crippen molar-refractivity contribution in [2.24, 2.45) is 5.10 Å². The Bertz CT molecular complexity index is 1250. The Morgan fingerprint density at radius 2 is 1.61 bits per heavy atom. The number of nitrogens with zero attached hydrogens (tertiary/aromatic N) is 1. The molecule has 0 heterocycles. The molecule has 0 unspecified atom stereocenters. The van der Waals surface area contributed by atoms with Crippen molar-refractivity contribution >= 4 is 80.4 Å². The van der Waals surface area contributed by atoms with Crippen molar-refractivity contribution in [3.63, 3.8) is 0 Å². The molecule has 0 fully saturated rings.